The van der Waals surface area contributed by atoms with E-state index in [0.29, 0.717) is 0 Å². The smallest absolute Gasteiger partial charge is 0.307 e. The Morgan fingerprint density at radius 3 is 2.67 bits per heavy atom. The summed E-state index contributed by atoms with van der Waals surface area (Å²) in [4.78, 5) is 13.9. The van der Waals surface area contributed by atoms with Crippen LogP contribution in [0, 0.1) is 0 Å². The fraction of sp³-hybridized carbons (Fsp3) is 0.250. The Hall–Kier alpha value is -1.24. The van der Waals surface area contributed by atoms with E-state index in [1.165, 1.54) is 0 Å². The molecule has 0 amide bonds. The fourth-order valence-electron chi connectivity index (χ4n) is 1.09. The maximum absolute atomic E-state index is 12.5. The number of aromatic nitrogens is 1. The number of alkyl halides is 2. The Kier molecular flexibility index (Phi) is 3.57. The molecule has 0 saturated heterocycles. The molecule has 0 aromatic carbocycles. The Morgan fingerprint density at radius 2 is 2.20 bits per heavy atom. The molecule has 0 aliphatic heterocycles. The zero-order chi connectivity index (χ0) is 11.6. The van der Waals surface area contributed by atoms with Crippen molar-refractivity contribution in [2.45, 2.75) is 12.8 Å². The van der Waals surface area contributed by atoms with Crippen molar-refractivity contribution in [2.75, 3.05) is 0 Å². The summed E-state index contributed by atoms with van der Waals surface area (Å²) in [5.41, 5.74) is -0.906. The second kappa shape index (κ2) is 4.52. The number of carboxylic acid groups (broad SMARTS) is 1. The monoisotopic (exact) mass is 281 g/mol. The molecule has 2 N–H and O–H groups in total. The molecule has 15 heavy (non-hydrogen) atoms. The molecule has 1 aromatic rings. The van der Waals surface area contributed by atoms with Gasteiger partial charge in [-0.25, -0.2) is 13.8 Å². The predicted molar refractivity (Wildman–Crippen MR) is 49.9 cm³/mol. The summed E-state index contributed by atoms with van der Waals surface area (Å²) in [6.07, 6.45) is -2.64. The van der Waals surface area contributed by atoms with Gasteiger partial charge in [0.2, 0.25) is 0 Å². The Balaban J connectivity index is 3.31. The van der Waals surface area contributed by atoms with Crippen molar-refractivity contribution in [1.29, 1.82) is 0 Å². The van der Waals surface area contributed by atoms with Gasteiger partial charge in [0.05, 0.1) is 18.2 Å². The maximum Gasteiger partial charge on any atom is 0.307 e. The van der Waals surface area contributed by atoms with E-state index in [0.717, 1.165) is 6.20 Å². The number of aromatic hydroxyl groups is 1. The second-order valence-electron chi connectivity index (χ2n) is 2.70. The number of aliphatic carboxylic acids is 1. The van der Waals surface area contributed by atoms with Crippen LogP contribution in [0.15, 0.2) is 10.8 Å². The lowest BCUT2D eigenvalue weighted by Gasteiger charge is -2.10. The molecule has 0 aliphatic rings. The molecule has 0 unspecified atom stereocenters. The molecule has 0 radical (unpaired) electrons. The van der Waals surface area contributed by atoms with Crippen molar-refractivity contribution in [1.82, 2.24) is 4.98 Å². The van der Waals surface area contributed by atoms with Crippen LogP contribution in [0.2, 0.25) is 0 Å². The molecule has 0 spiro atoms. The summed E-state index contributed by atoms with van der Waals surface area (Å²) in [7, 11) is 0. The molecular weight excluding hydrogens is 276 g/mol. The van der Waals surface area contributed by atoms with E-state index >= 15 is 0 Å². The molecule has 1 heterocycles. The molecule has 0 bridgehead atoms. The van der Waals surface area contributed by atoms with Crippen LogP contribution in [-0.2, 0) is 11.2 Å². The third kappa shape index (κ3) is 2.62. The zero-order valence-electron chi connectivity index (χ0n) is 7.25. The summed E-state index contributed by atoms with van der Waals surface area (Å²) in [5, 5.41) is 17.7. The average molecular weight is 282 g/mol. The topological polar surface area (TPSA) is 70.4 Å². The lowest BCUT2D eigenvalue weighted by molar-refractivity contribution is -0.136. The van der Waals surface area contributed by atoms with Gasteiger partial charge >= 0.3 is 5.97 Å². The van der Waals surface area contributed by atoms with Crippen LogP contribution in [0.25, 0.3) is 0 Å². The molecule has 1 aromatic heterocycles. The molecule has 7 heteroatoms. The highest BCUT2D eigenvalue weighted by molar-refractivity contribution is 9.10. The van der Waals surface area contributed by atoms with Gasteiger partial charge in [-0.05, 0) is 15.9 Å². The molecule has 0 aliphatic carbocycles. The van der Waals surface area contributed by atoms with Gasteiger partial charge in [0.1, 0.15) is 10.4 Å². The third-order valence-electron chi connectivity index (χ3n) is 1.70. The lowest BCUT2D eigenvalue weighted by atomic mass is 10.1. The van der Waals surface area contributed by atoms with E-state index in [2.05, 4.69) is 20.9 Å². The van der Waals surface area contributed by atoms with Gasteiger partial charge in [-0.3, -0.25) is 4.79 Å². The molecule has 0 saturated carbocycles. The fourth-order valence-corrected chi connectivity index (χ4v) is 1.60. The van der Waals surface area contributed by atoms with Gasteiger partial charge < -0.3 is 10.2 Å². The Bertz CT molecular complexity index is 398. The minimum atomic E-state index is -2.90. The highest BCUT2D eigenvalue weighted by Crippen LogP contribution is 2.33. The SMILES string of the molecule is O=C(O)Cc1c(O)cnc(Br)c1C(F)F. The molecule has 0 fully saturated rings. The van der Waals surface area contributed by atoms with Crippen molar-refractivity contribution in [2.24, 2.45) is 0 Å². The largest absolute Gasteiger partial charge is 0.506 e. The molecule has 82 valence electrons. The Labute approximate surface area is 91.7 Å². The minimum Gasteiger partial charge on any atom is -0.506 e. The van der Waals surface area contributed by atoms with Gasteiger partial charge in [0.25, 0.3) is 6.43 Å². The quantitative estimate of drug-likeness (QED) is 0.833. The van der Waals surface area contributed by atoms with E-state index < -0.39 is 30.1 Å². The maximum atomic E-state index is 12.5. The number of nitrogens with zero attached hydrogens (tertiary/aromatic N) is 1. The highest BCUT2D eigenvalue weighted by atomic mass is 79.9. The summed E-state index contributed by atoms with van der Waals surface area (Å²) in [6, 6.07) is 0. The molecule has 0 atom stereocenters. The standard InChI is InChI=1S/C8H6BrF2NO3/c9-7-6(8(10)11)3(1-5(14)15)4(13)2-12-7/h2,8,13H,1H2,(H,14,15). The molecule has 4 nitrogen and oxygen atoms in total. The summed E-state index contributed by atoms with van der Waals surface area (Å²) in [5.74, 6) is -1.85. The van der Waals surface area contributed by atoms with E-state index in [4.69, 9.17) is 5.11 Å². The highest BCUT2D eigenvalue weighted by Gasteiger charge is 2.22. The van der Waals surface area contributed by atoms with Gasteiger partial charge in [0, 0.05) is 5.56 Å². The predicted octanol–water partition coefficient (Wildman–Crippen LogP) is 2.11. The number of carboxylic acids is 1. The van der Waals surface area contributed by atoms with E-state index in [9.17, 15) is 18.7 Å². The van der Waals surface area contributed by atoms with Crippen molar-refractivity contribution < 1.29 is 23.8 Å². The van der Waals surface area contributed by atoms with Gasteiger partial charge in [-0.1, -0.05) is 0 Å². The van der Waals surface area contributed by atoms with Crippen molar-refractivity contribution >= 4 is 21.9 Å². The summed E-state index contributed by atoms with van der Waals surface area (Å²) < 4.78 is 24.9. The number of halogens is 3. The van der Waals surface area contributed by atoms with Gasteiger partial charge in [-0.15, -0.1) is 0 Å². The lowest BCUT2D eigenvalue weighted by Crippen LogP contribution is -2.06. The number of carbonyl (C=O) groups is 1. The van der Waals surface area contributed by atoms with Crippen LogP contribution in [0.1, 0.15) is 17.6 Å². The molecule has 1 rings (SSSR count). The Morgan fingerprint density at radius 1 is 1.60 bits per heavy atom. The minimum absolute atomic E-state index is 0.161. The van der Waals surface area contributed by atoms with Crippen LogP contribution < -0.4 is 0 Å². The van der Waals surface area contributed by atoms with Gasteiger partial charge in [0.15, 0.2) is 0 Å². The first-order valence-corrected chi connectivity index (χ1v) is 4.59. The number of pyridine rings is 1. The van der Waals surface area contributed by atoms with Crippen molar-refractivity contribution in [3.05, 3.63) is 21.9 Å². The van der Waals surface area contributed by atoms with E-state index in [1.54, 1.807) is 0 Å². The zero-order valence-corrected chi connectivity index (χ0v) is 8.83. The van der Waals surface area contributed by atoms with Crippen molar-refractivity contribution in [3.63, 3.8) is 0 Å². The first-order chi connectivity index (χ1) is 6.93. The molecular formula is C8H6BrF2NO3. The number of rotatable bonds is 3. The van der Waals surface area contributed by atoms with Crippen molar-refractivity contribution in [3.8, 4) is 5.75 Å². The first kappa shape index (κ1) is 11.8. The van der Waals surface area contributed by atoms with Gasteiger partial charge in [-0.2, -0.15) is 0 Å². The summed E-state index contributed by atoms with van der Waals surface area (Å²) in [6.45, 7) is 0. The van der Waals surface area contributed by atoms with Crippen LogP contribution >= 0.6 is 15.9 Å². The van der Waals surface area contributed by atoms with E-state index in [1.807, 2.05) is 0 Å². The number of hydrogen-bond donors (Lipinski definition) is 2. The summed E-state index contributed by atoms with van der Waals surface area (Å²) >= 11 is 2.78. The van der Waals surface area contributed by atoms with Crippen LogP contribution in [-0.4, -0.2) is 21.2 Å². The third-order valence-corrected chi connectivity index (χ3v) is 2.33. The van der Waals surface area contributed by atoms with Crippen LogP contribution in [0.5, 0.6) is 5.75 Å². The van der Waals surface area contributed by atoms with E-state index in [-0.39, 0.29) is 10.2 Å². The second-order valence-corrected chi connectivity index (χ2v) is 3.45. The average Bonchev–Trinajstić information content (AvgIpc) is 2.10. The first-order valence-electron chi connectivity index (χ1n) is 3.79. The number of hydrogen-bond acceptors (Lipinski definition) is 3. The van der Waals surface area contributed by atoms with Crippen LogP contribution in [0.3, 0.4) is 0 Å². The van der Waals surface area contributed by atoms with Crippen LogP contribution in [0.4, 0.5) is 8.78 Å². The normalized spacial score (nSPS) is 10.7.